The Morgan fingerprint density at radius 3 is 2.48 bits per heavy atom. The number of nitrogens with one attached hydrogen (secondary N) is 3. The normalized spacial score (nSPS) is 37.8. The zero-order valence-corrected chi connectivity index (χ0v) is 20.2. The van der Waals surface area contributed by atoms with Crippen LogP contribution in [0.4, 0.5) is 17.6 Å². The lowest BCUT2D eigenvalue weighted by atomic mass is 9.77. The van der Waals surface area contributed by atoms with Crippen LogP contribution in [0.15, 0.2) is 0 Å². The van der Waals surface area contributed by atoms with Crippen LogP contribution in [-0.2, 0) is 4.79 Å². The molecule has 3 fully saturated rings. The quantitative estimate of drug-likeness (QED) is 0.329. The Bertz CT molecular complexity index is 678. The van der Waals surface area contributed by atoms with Crippen molar-refractivity contribution < 1.29 is 27.5 Å². The third-order valence-corrected chi connectivity index (χ3v) is 7.73. The molecule has 1 aliphatic carbocycles. The fraction of sp³-hybridized carbons (Fsp3) is 0.955. The van der Waals surface area contributed by atoms with Gasteiger partial charge in [0.25, 0.3) is 0 Å². The number of carboxylic acid groups (broad SMARTS) is 1. The van der Waals surface area contributed by atoms with Crippen molar-refractivity contribution >= 4 is 17.6 Å². The molecular weight excluding hydrogens is 464 g/mol. The van der Waals surface area contributed by atoms with Crippen molar-refractivity contribution in [2.75, 3.05) is 13.2 Å². The number of halogens is 5. The molecule has 4 N–H and O–H groups in total. The van der Waals surface area contributed by atoms with Crippen LogP contribution in [0.25, 0.3) is 0 Å². The van der Waals surface area contributed by atoms with E-state index >= 15 is 4.39 Å². The molecule has 0 aromatic rings. The summed E-state index contributed by atoms with van der Waals surface area (Å²) in [6, 6.07) is -1.00. The summed E-state index contributed by atoms with van der Waals surface area (Å²) in [6.45, 7) is 6.71. The number of carboxylic acids is 1. The molecule has 7 unspecified atom stereocenters. The molecule has 2 heterocycles. The number of carbonyl (C=O) groups is 1. The molecule has 0 aromatic carbocycles. The molecule has 192 valence electrons. The second-order valence-corrected chi connectivity index (χ2v) is 11.5. The summed E-state index contributed by atoms with van der Waals surface area (Å²) in [5, 5.41) is 18.1. The largest absolute Gasteiger partial charge is 0.480 e. The molecule has 0 aromatic heterocycles. The van der Waals surface area contributed by atoms with E-state index in [9.17, 15) is 23.1 Å². The van der Waals surface area contributed by atoms with Gasteiger partial charge in [0.2, 0.25) is 0 Å². The molecule has 33 heavy (non-hydrogen) atoms. The molecule has 3 rings (SSSR count). The molecule has 2 aliphatic heterocycles. The summed E-state index contributed by atoms with van der Waals surface area (Å²) in [6.07, 6.45) is -4.94. The van der Waals surface area contributed by atoms with Crippen molar-refractivity contribution in [3.8, 4) is 0 Å². The van der Waals surface area contributed by atoms with Crippen LogP contribution in [-0.4, -0.2) is 71.3 Å². The fourth-order valence-corrected chi connectivity index (χ4v) is 6.18. The molecule has 0 amide bonds. The highest BCUT2D eigenvalue weighted by Crippen LogP contribution is 2.45. The second-order valence-electron chi connectivity index (χ2n) is 11.0. The first-order valence-corrected chi connectivity index (χ1v) is 12.3. The molecule has 1 saturated carbocycles. The maximum atomic E-state index is 15.7. The smallest absolute Gasteiger partial charge is 0.391 e. The molecule has 11 heteroatoms. The number of nitrogens with zero attached hydrogens (tertiary/aromatic N) is 1. The van der Waals surface area contributed by atoms with Crippen LogP contribution < -0.4 is 16.0 Å². The Kier molecular flexibility index (Phi) is 8.58. The van der Waals surface area contributed by atoms with Gasteiger partial charge in [-0.15, -0.1) is 11.6 Å². The first kappa shape index (κ1) is 26.9. The van der Waals surface area contributed by atoms with Crippen LogP contribution in [0.1, 0.15) is 59.3 Å². The van der Waals surface area contributed by atoms with E-state index in [1.54, 1.807) is 0 Å². The third kappa shape index (κ3) is 6.72. The Hall–Kier alpha value is -0.680. The first-order chi connectivity index (χ1) is 15.3. The number of hydrogen-bond donors (Lipinski definition) is 4. The zero-order valence-electron chi connectivity index (χ0n) is 19.5. The van der Waals surface area contributed by atoms with E-state index in [1.807, 2.05) is 25.7 Å². The molecule has 0 bridgehead atoms. The number of likely N-dealkylation sites (tertiary alicyclic amines) is 1. The number of aliphatic carboxylic acids is 1. The summed E-state index contributed by atoms with van der Waals surface area (Å²) < 4.78 is 55.2. The lowest BCUT2D eigenvalue weighted by Crippen LogP contribution is -2.71. The highest BCUT2D eigenvalue weighted by atomic mass is 35.5. The number of hydrogen-bond acceptors (Lipinski definition) is 5. The molecule has 0 radical (unpaired) electrons. The SMILES string of the molecule is CC(C)(C)C[C@@H](NC1NCNC(N2CCCC2C2CCC(C(F)(F)F)CC2Cl)C1F)C(=O)O. The maximum Gasteiger partial charge on any atom is 0.391 e. The Balaban J connectivity index is 1.67. The predicted molar refractivity (Wildman–Crippen MR) is 118 cm³/mol. The minimum absolute atomic E-state index is 0.0533. The highest BCUT2D eigenvalue weighted by Gasteiger charge is 2.50. The van der Waals surface area contributed by atoms with E-state index in [2.05, 4.69) is 16.0 Å². The van der Waals surface area contributed by atoms with Gasteiger partial charge in [-0.1, -0.05) is 20.8 Å². The van der Waals surface area contributed by atoms with Crippen molar-refractivity contribution in [3.05, 3.63) is 0 Å². The van der Waals surface area contributed by atoms with Crippen molar-refractivity contribution in [1.29, 1.82) is 0 Å². The summed E-state index contributed by atoms with van der Waals surface area (Å²) >= 11 is 6.47. The topological polar surface area (TPSA) is 76.6 Å². The van der Waals surface area contributed by atoms with E-state index in [4.69, 9.17) is 11.6 Å². The first-order valence-electron chi connectivity index (χ1n) is 11.8. The van der Waals surface area contributed by atoms with E-state index < -0.39 is 48.0 Å². The minimum atomic E-state index is -4.24. The minimum Gasteiger partial charge on any atom is -0.480 e. The van der Waals surface area contributed by atoms with Crippen LogP contribution in [0, 0.1) is 17.3 Å². The average molecular weight is 501 g/mol. The van der Waals surface area contributed by atoms with E-state index in [0.29, 0.717) is 26.1 Å². The highest BCUT2D eigenvalue weighted by molar-refractivity contribution is 6.20. The van der Waals surface area contributed by atoms with E-state index in [-0.39, 0.29) is 30.2 Å². The van der Waals surface area contributed by atoms with Crippen LogP contribution >= 0.6 is 11.6 Å². The van der Waals surface area contributed by atoms with Gasteiger partial charge in [-0.2, -0.15) is 13.2 Å². The Morgan fingerprint density at radius 2 is 1.91 bits per heavy atom. The van der Waals surface area contributed by atoms with Gasteiger partial charge in [0.1, 0.15) is 6.04 Å². The standard InChI is InChI=1S/C22H37ClF4N4O2/c1-21(2,3)10-15(20(32)33)30-18-17(24)19(29-11-28-18)31-8-4-5-16(31)13-7-6-12(9-14(13)23)22(25,26)27/h12-19,28-30H,4-11H2,1-3H3,(H,32,33)/t12?,13?,14?,15-,16?,17?,18?,19?/m1/s1. The molecule has 2 saturated heterocycles. The van der Waals surface area contributed by atoms with Gasteiger partial charge >= 0.3 is 12.1 Å². The van der Waals surface area contributed by atoms with Crippen LogP contribution in [0.3, 0.4) is 0 Å². The average Bonchev–Trinajstić information content (AvgIpc) is 3.16. The lowest BCUT2D eigenvalue weighted by molar-refractivity contribution is -0.184. The molecule has 3 aliphatic rings. The maximum absolute atomic E-state index is 15.7. The summed E-state index contributed by atoms with van der Waals surface area (Å²) in [5.41, 5.74) is -0.251. The second kappa shape index (κ2) is 10.5. The van der Waals surface area contributed by atoms with Gasteiger partial charge in [0.15, 0.2) is 6.17 Å². The van der Waals surface area contributed by atoms with Crippen molar-refractivity contribution in [1.82, 2.24) is 20.9 Å². The fourth-order valence-electron chi connectivity index (χ4n) is 5.67. The van der Waals surface area contributed by atoms with E-state index in [0.717, 1.165) is 12.8 Å². The summed E-state index contributed by atoms with van der Waals surface area (Å²) in [7, 11) is 0. The Morgan fingerprint density at radius 1 is 1.21 bits per heavy atom. The van der Waals surface area contributed by atoms with Crippen molar-refractivity contribution in [2.24, 2.45) is 17.3 Å². The molecular formula is C22H37ClF4N4O2. The van der Waals surface area contributed by atoms with Gasteiger partial charge < -0.3 is 5.11 Å². The third-order valence-electron chi connectivity index (χ3n) is 7.23. The van der Waals surface area contributed by atoms with Crippen LogP contribution in [0.2, 0.25) is 0 Å². The lowest BCUT2D eigenvalue weighted by Gasteiger charge is -2.46. The van der Waals surface area contributed by atoms with Crippen molar-refractivity contribution in [2.45, 2.75) is 101 Å². The zero-order chi connectivity index (χ0) is 24.6. The van der Waals surface area contributed by atoms with Crippen molar-refractivity contribution in [3.63, 3.8) is 0 Å². The van der Waals surface area contributed by atoms with Gasteiger partial charge in [-0.05, 0) is 49.9 Å². The van der Waals surface area contributed by atoms with Gasteiger partial charge in [-0.3, -0.25) is 25.6 Å². The van der Waals surface area contributed by atoms with E-state index in [1.165, 1.54) is 0 Å². The summed E-state index contributed by atoms with van der Waals surface area (Å²) in [5.74, 6) is -2.53. The van der Waals surface area contributed by atoms with Gasteiger partial charge in [0.05, 0.1) is 18.2 Å². The molecule has 8 atom stereocenters. The molecule has 6 nitrogen and oxygen atoms in total. The molecule has 0 spiro atoms. The number of alkyl halides is 5. The van der Waals surface area contributed by atoms with Gasteiger partial charge in [-0.25, -0.2) is 4.39 Å². The summed E-state index contributed by atoms with van der Waals surface area (Å²) in [4.78, 5) is 13.8. The van der Waals surface area contributed by atoms with Gasteiger partial charge in [0, 0.05) is 24.6 Å². The predicted octanol–water partition coefficient (Wildman–Crippen LogP) is 3.66. The van der Waals surface area contributed by atoms with Crippen LogP contribution in [0.5, 0.6) is 0 Å². The monoisotopic (exact) mass is 500 g/mol. The Labute approximate surface area is 198 Å². The number of rotatable bonds is 6.